The number of rotatable bonds is 1. The summed E-state index contributed by atoms with van der Waals surface area (Å²) in [6.07, 6.45) is 3.50. The molecule has 1 saturated heterocycles. The molecule has 1 aromatic carbocycles. The number of nitrogens with zero attached hydrogens (tertiary/aromatic N) is 1. The molecule has 0 bridgehead atoms. The Balaban J connectivity index is 1.86. The normalized spacial score (nSPS) is 30.6. The Kier molecular flexibility index (Phi) is 4.07. The van der Waals surface area contributed by atoms with Crippen LogP contribution in [0.15, 0.2) is 22.7 Å². The van der Waals surface area contributed by atoms with Gasteiger partial charge in [-0.3, -0.25) is 0 Å². The second-order valence-electron chi connectivity index (χ2n) is 5.97. The molecule has 0 amide bonds. The average Bonchev–Trinajstić information content (AvgIpc) is 2.60. The van der Waals surface area contributed by atoms with Crippen LogP contribution in [0.4, 0.5) is 0 Å². The quantitative estimate of drug-likeness (QED) is 0.849. The maximum absolute atomic E-state index is 10.5. The molecule has 20 heavy (non-hydrogen) atoms. The molecule has 3 rings (SSSR count). The van der Waals surface area contributed by atoms with Crippen LogP contribution in [0.25, 0.3) is 0 Å². The second kappa shape index (κ2) is 5.66. The topological polar surface area (TPSA) is 32.7 Å². The molecular formula is C16H22BrNO2. The molecule has 110 valence electrons. The Morgan fingerprint density at radius 1 is 1.40 bits per heavy atom. The molecule has 4 heteroatoms. The van der Waals surface area contributed by atoms with Gasteiger partial charge >= 0.3 is 0 Å². The first kappa shape index (κ1) is 14.4. The highest BCUT2D eigenvalue weighted by Crippen LogP contribution is 2.44. The minimum Gasteiger partial charge on any atom is -0.487 e. The molecule has 0 radical (unpaired) electrons. The van der Waals surface area contributed by atoms with E-state index in [9.17, 15) is 5.11 Å². The van der Waals surface area contributed by atoms with Gasteiger partial charge in [-0.2, -0.15) is 0 Å². The lowest BCUT2D eigenvalue weighted by Crippen LogP contribution is -2.42. The van der Waals surface area contributed by atoms with Crippen LogP contribution in [-0.2, 0) is 0 Å². The summed E-state index contributed by atoms with van der Waals surface area (Å²) in [5.74, 6) is 0.850. The van der Waals surface area contributed by atoms with Gasteiger partial charge < -0.3 is 14.7 Å². The van der Waals surface area contributed by atoms with E-state index in [0.717, 1.165) is 61.1 Å². The summed E-state index contributed by atoms with van der Waals surface area (Å²) in [5.41, 5.74) is 0.743. The van der Waals surface area contributed by atoms with Gasteiger partial charge in [0.2, 0.25) is 0 Å². The van der Waals surface area contributed by atoms with Gasteiger partial charge in [-0.05, 0) is 44.5 Å². The van der Waals surface area contributed by atoms with Crippen LogP contribution >= 0.6 is 15.9 Å². The van der Waals surface area contributed by atoms with Crippen molar-refractivity contribution in [3.63, 3.8) is 0 Å². The summed E-state index contributed by atoms with van der Waals surface area (Å²) in [4.78, 5) is 2.47. The second-order valence-corrected chi connectivity index (χ2v) is 6.89. The predicted octanol–water partition coefficient (Wildman–Crippen LogP) is 3.51. The summed E-state index contributed by atoms with van der Waals surface area (Å²) >= 11 is 3.49. The predicted molar refractivity (Wildman–Crippen MR) is 83.0 cm³/mol. The van der Waals surface area contributed by atoms with Crippen LogP contribution in [0.5, 0.6) is 5.75 Å². The third kappa shape index (κ3) is 2.74. The Morgan fingerprint density at radius 3 is 3.05 bits per heavy atom. The first-order valence-electron chi connectivity index (χ1n) is 7.51. The van der Waals surface area contributed by atoms with Gasteiger partial charge in [0.15, 0.2) is 0 Å². The third-order valence-corrected chi connectivity index (χ3v) is 5.16. The van der Waals surface area contributed by atoms with Gasteiger partial charge in [-0.1, -0.05) is 28.9 Å². The number of aliphatic hydroxyl groups excluding tert-OH is 1. The molecule has 1 spiro atoms. The zero-order chi connectivity index (χ0) is 14.2. The molecule has 1 aromatic rings. The maximum Gasteiger partial charge on any atom is 0.127 e. The van der Waals surface area contributed by atoms with E-state index in [1.54, 1.807) is 0 Å². The van der Waals surface area contributed by atoms with Gasteiger partial charge in [0.05, 0.1) is 6.10 Å². The lowest BCUT2D eigenvalue weighted by Gasteiger charge is -2.40. The molecule has 1 unspecified atom stereocenters. The van der Waals surface area contributed by atoms with Crippen molar-refractivity contribution in [2.75, 3.05) is 19.6 Å². The fraction of sp³-hybridized carbons (Fsp3) is 0.625. The SMILES string of the molecule is CCN1CCCC2(CC1)C[C@@H](O)c1ccc(Br)cc1O2. The average molecular weight is 340 g/mol. The highest BCUT2D eigenvalue weighted by molar-refractivity contribution is 9.10. The van der Waals surface area contributed by atoms with Gasteiger partial charge in [0.25, 0.3) is 0 Å². The van der Waals surface area contributed by atoms with Gasteiger partial charge in [-0.15, -0.1) is 0 Å². The smallest absolute Gasteiger partial charge is 0.127 e. The molecule has 0 aromatic heterocycles. The highest BCUT2D eigenvalue weighted by atomic mass is 79.9. The zero-order valence-corrected chi connectivity index (χ0v) is 13.5. The van der Waals surface area contributed by atoms with E-state index in [4.69, 9.17) is 4.74 Å². The Labute approximate surface area is 129 Å². The standard InChI is InChI=1S/C16H22BrNO2/c1-2-18-8-3-6-16(7-9-18)11-14(19)13-5-4-12(17)10-15(13)20-16/h4-5,10,14,19H,2-3,6-9,11H2,1H3/t14-,16?/m1/s1. The molecule has 0 aliphatic carbocycles. The number of aliphatic hydroxyl groups is 1. The fourth-order valence-corrected chi connectivity index (χ4v) is 3.80. The molecule has 2 atom stereocenters. The number of hydrogen-bond donors (Lipinski definition) is 1. The number of fused-ring (bicyclic) bond motifs is 1. The fourth-order valence-electron chi connectivity index (χ4n) is 3.46. The number of halogens is 1. The lowest BCUT2D eigenvalue weighted by atomic mass is 9.83. The van der Waals surface area contributed by atoms with Crippen molar-refractivity contribution in [2.24, 2.45) is 0 Å². The monoisotopic (exact) mass is 339 g/mol. The van der Waals surface area contributed by atoms with E-state index in [1.165, 1.54) is 0 Å². The van der Waals surface area contributed by atoms with E-state index < -0.39 is 6.10 Å². The van der Waals surface area contributed by atoms with E-state index in [2.05, 4.69) is 27.8 Å². The minimum absolute atomic E-state index is 0.183. The van der Waals surface area contributed by atoms with E-state index in [-0.39, 0.29) is 5.60 Å². The first-order valence-corrected chi connectivity index (χ1v) is 8.30. The van der Waals surface area contributed by atoms with Crippen molar-refractivity contribution in [1.82, 2.24) is 4.90 Å². The van der Waals surface area contributed by atoms with Crippen LogP contribution in [-0.4, -0.2) is 35.2 Å². The molecule has 3 nitrogen and oxygen atoms in total. The minimum atomic E-state index is -0.403. The molecule has 1 fully saturated rings. The molecule has 2 aliphatic rings. The van der Waals surface area contributed by atoms with Crippen molar-refractivity contribution < 1.29 is 9.84 Å². The van der Waals surface area contributed by atoms with Gasteiger partial charge in [0.1, 0.15) is 11.4 Å². The van der Waals surface area contributed by atoms with Crippen molar-refractivity contribution in [2.45, 2.75) is 44.3 Å². The molecule has 2 aliphatic heterocycles. The van der Waals surface area contributed by atoms with Crippen molar-refractivity contribution in [3.8, 4) is 5.75 Å². The molecule has 1 N–H and O–H groups in total. The first-order chi connectivity index (χ1) is 9.62. The summed E-state index contributed by atoms with van der Waals surface area (Å²) in [7, 11) is 0. The maximum atomic E-state index is 10.5. The van der Waals surface area contributed by atoms with Crippen LogP contribution < -0.4 is 4.74 Å². The molecule has 0 saturated carbocycles. The summed E-state index contributed by atoms with van der Waals surface area (Å²) in [6, 6.07) is 5.92. The summed E-state index contributed by atoms with van der Waals surface area (Å²) in [6.45, 7) is 5.51. The Bertz CT molecular complexity index is 493. The van der Waals surface area contributed by atoms with E-state index in [1.807, 2.05) is 18.2 Å². The van der Waals surface area contributed by atoms with Gasteiger partial charge in [0, 0.05) is 23.0 Å². The van der Waals surface area contributed by atoms with Crippen molar-refractivity contribution >= 4 is 15.9 Å². The van der Waals surface area contributed by atoms with Crippen molar-refractivity contribution in [1.29, 1.82) is 0 Å². The third-order valence-electron chi connectivity index (χ3n) is 4.66. The lowest BCUT2D eigenvalue weighted by molar-refractivity contribution is -0.0238. The zero-order valence-electron chi connectivity index (χ0n) is 11.9. The highest BCUT2D eigenvalue weighted by Gasteiger charge is 2.41. The van der Waals surface area contributed by atoms with E-state index in [0.29, 0.717) is 0 Å². The van der Waals surface area contributed by atoms with Crippen molar-refractivity contribution in [3.05, 3.63) is 28.2 Å². The summed E-state index contributed by atoms with van der Waals surface area (Å²) < 4.78 is 7.37. The Morgan fingerprint density at radius 2 is 2.25 bits per heavy atom. The largest absolute Gasteiger partial charge is 0.487 e. The summed E-state index contributed by atoms with van der Waals surface area (Å²) in [5, 5.41) is 10.5. The number of benzene rings is 1. The molecule has 2 heterocycles. The van der Waals surface area contributed by atoms with Gasteiger partial charge in [-0.25, -0.2) is 0 Å². The molecular weight excluding hydrogens is 318 g/mol. The van der Waals surface area contributed by atoms with E-state index >= 15 is 0 Å². The van der Waals surface area contributed by atoms with Crippen LogP contribution in [0.3, 0.4) is 0 Å². The number of hydrogen-bond acceptors (Lipinski definition) is 3. The number of likely N-dealkylation sites (tertiary alicyclic amines) is 1. The van der Waals surface area contributed by atoms with Crippen LogP contribution in [0.1, 0.15) is 44.3 Å². The van der Waals surface area contributed by atoms with Crippen LogP contribution in [0, 0.1) is 0 Å². The van der Waals surface area contributed by atoms with Crippen LogP contribution in [0.2, 0.25) is 0 Å². The Hall–Kier alpha value is -0.580. The number of ether oxygens (including phenoxy) is 1.